The minimum atomic E-state index is 0.344. The molecule has 1 aromatic heterocycles. The van der Waals surface area contributed by atoms with Crippen LogP contribution < -0.4 is 9.47 Å². The van der Waals surface area contributed by atoms with Gasteiger partial charge in [0.25, 0.3) is 0 Å². The normalized spacial score (nSPS) is 9.77. The van der Waals surface area contributed by atoms with Gasteiger partial charge in [-0.25, -0.2) is 4.98 Å². The van der Waals surface area contributed by atoms with Crippen LogP contribution in [-0.4, -0.2) is 24.2 Å². The molecule has 0 fully saturated rings. The average molecular weight is 182 g/mol. The first-order valence-corrected chi connectivity index (χ1v) is 4.25. The fraction of sp³-hybridized carbons (Fsp3) is 0.556. The van der Waals surface area contributed by atoms with Gasteiger partial charge in [-0.1, -0.05) is 13.3 Å². The summed E-state index contributed by atoms with van der Waals surface area (Å²) in [5, 5.41) is 0. The van der Waals surface area contributed by atoms with Crippen LogP contribution in [0.1, 0.15) is 18.9 Å². The number of hydrogen-bond donors (Lipinski definition) is 0. The van der Waals surface area contributed by atoms with Crippen LogP contribution >= 0.6 is 0 Å². The lowest BCUT2D eigenvalue weighted by Gasteiger charge is -2.06. The maximum Gasteiger partial charge on any atom is 0.319 e. The summed E-state index contributed by atoms with van der Waals surface area (Å²) < 4.78 is 10.00. The lowest BCUT2D eigenvalue weighted by Crippen LogP contribution is -1.99. The number of aryl methyl sites for hydroxylation is 1. The molecule has 4 heteroatoms. The van der Waals surface area contributed by atoms with Crippen molar-refractivity contribution in [3.63, 3.8) is 0 Å². The Morgan fingerprint density at radius 2 is 2.08 bits per heavy atom. The maximum absolute atomic E-state index is 5.11. The molecule has 0 aliphatic rings. The molecule has 0 saturated heterocycles. The van der Waals surface area contributed by atoms with Gasteiger partial charge in [-0.15, -0.1) is 0 Å². The van der Waals surface area contributed by atoms with E-state index in [1.54, 1.807) is 13.3 Å². The van der Waals surface area contributed by atoms with Crippen molar-refractivity contribution in [3.05, 3.63) is 11.8 Å². The maximum atomic E-state index is 5.11. The van der Waals surface area contributed by atoms with Crippen LogP contribution in [0.2, 0.25) is 0 Å². The van der Waals surface area contributed by atoms with Gasteiger partial charge in [-0.05, 0) is 6.42 Å². The van der Waals surface area contributed by atoms with E-state index in [4.69, 9.17) is 9.47 Å². The van der Waals surface area contributed by atoms with Gasteiger partial charge < -0.3 is 9.47 Å². The molecular formula is C9H14N2O2. The largest absolute Gasteiger partial charge is 0.481 e. The summed E-state index contributed by atoms with van der Waals surface area (Å²) >= 11 is 0. The molecule has 0 spiro atoms. The first-order valence-electron chi connectivity index (χ1n) is 4.25. The zero-order valence-corrected chi connectivity index (χ0v) is 8.20. The predicted molar refractivity (Wildman–Crippen MR) is 49.1 cm³/mol. The Balaban J connectivity index is 2.93. The number of aromatic nitrogens is 2. The number of ether oxygens (including phenoxy) is 2. The van der Waals surface area contributed by atoms with Gasteiger partial charge >= 0.3 is 6.01 Å². The molecule has 0 N–H and O–H groups in total. The zero-order chi connectivity index (χ0) is 9.68. The summed E-state index contributed by atoms with van der Waals surface area (Å²) in [7, 11) is 3.13. The van der Waals surface area contributed by atoms with Crippen LogP contribution in [-0.2, 0) is 6.42 Å². The Labute approximate surface area is 77.9 Å². The second-order valence-electron chi connectivity index (χ2n) is 2.64. The molecule has 1 aromatic rings. The standard InChI is InChI=1S/C9H14N2O2/c1-4-5-7-6-10-9(13-3)11-8(7)12-2/h6H,4-5H2,1-3H3. The number of nitrogens with zero attached hydrogens (tertiary/aromatic N) is 2. The number of rotatable bonds is 4. The summed E-state index contributed by atoms with van der Waals surface area (Å²) in [6.45, 7) is 2.10. The van der Waals surface area contributed by atoms with Crippen LogP contribution in [0.15, 0.2) is 6.20 Å². The van der Waals surface area contributed by atoms with Crippen LogP contribution in [0.25, 0.3) is 0 Å². The SMILES string of the molecule is CCCc1cnc(OC)nc1OC. The van der Waals surface area contributed by atoms with E-state index in [0.717, 1.165) is 18.4 Å². The molecule has 0 aromatic carbocycles. The van der Waals surface area contributed by atoms with Gasteiger partial charge in [0.2, 0.25) is 5.88 Å². The van der Waals surface area contributed by atoms with Gasteiger partial charge in [0.05, 0.1) is 14.2 Å². The average Bonchev–Trinajstić information content (AvgIpc) is 2.19. The van der Waals surface area contributed by atoms with E-state index < -0.39 is 0 Å². The van der Waals surface area contributed by atoms with Crippen molar-refractivity contribution in [1.29, 1.82) is 0 Å². The summed E-state index contributed by atoms with van der Waals surface area (Å²) in [6, 6.07) is 0.344. The van der Waals surface area contributed by atoms with Crippen molar-refractivity contribution in [2.24, 2.45) is 0 Å². The molecule has 72 valence electrons. The highest BCUT2D eigenvalue weighted by Crippen LogP contribution is 2.18. The highest BCUT2D eigenvalue weighted by molar-refractivity contribution is 5.25. The van der Waals surface area contributed by atoms with Gasteiger partial charge in [-0.2, -0.15) is 4.98 Å². The smallest absolute Gasteiger partial charge is 0.319 e. The molecular weight excluding hydrogens is 168 g/mol. The monoisotopic (exact) mass is 182 g/mol. The van der Waals surface area contributed by atoms with Gasteiger partial charge in [0.15, 0.2) is 0 Å². The molecule has 1 rings (SSSR count). The molecule has 0 unspecified atom stereocenters. The highest BCUT2D eigenvalue weighted by Gasteiger charge is 2.06. The third kappa shape index (κ3) is 2.31. The van der Waals surface area contributed by atoms with E-state index in [9.17, 15) is 0 Å². The summed E-state index contributed by atoms with van der Waals surface area (Å²) in [5.41, 5.74) is 1.02. The molecule has 0 aliphatic carbocycles. The summed E-state index contributed by atoms with van der Waals surface area (Å²) in [6.07, 6.45) is 3.72. The fourth-order valence-electron chi connectivity index (χ4n) is 1.09. The quantitative estimate of drug-likeness (QED) is 0.706. The first-order chi connectivity index (χ1) is 6.31. The predicted octanol–water partition coefficient (Wildman–Crippen LogP) is 1.45. The zero-order valence-electron chi connectivity index (χ0n) is 8.20. The highest BCUT2D eigenvalue weighted by atomic mass is 16.5. The fourth-order valence-corrected chi connectivity index (χ4v) is 1.09. The van der Waals surface area contributed by atoms with E-state index in [0.29, 0.717) is 11.9 Å². The van der Waals surface area contributed by atoms with Gasteiger partial charge in [0.1, 0.15) is 0 Å². The van der Waals surface area contributed by atoms with Crippen molar-refractivity contribution in [2.45, 2.75) is 19.8 Å². The lowest BCUT2D eigenvalue weighted by molar-refractivity contribution is 0.348. The molecule has 0 radical (unpaired) electrons. The Bertz CT molecular complexity index is 276. The molecule has 0 aliphatic heterocycles. The third-order valence-corrected chi connectivity index (χ3v) is 1.70. The molecule has 0 bridgehead atoms. The third-order valence-electron chi connectivity index (χ3n) is 1.70. The minimum absolute atomic E-state index is 0.344. The van der Waals surface area contributed by atoms with E-state index in [1.165, 1.54) is 7.11 Å². The number of methoxy groups -OCH3 is 2. The van der Waals surface area contributed by atoms with E-state index >= 15 is 0 Å². The summed E-state index contributed by atoms with van der Waals surface area (Å²) in [4.78, 5) is 8.08. The Kier molecular flexibility index (Phi) is 3.49. The minimum Gasteiger partial charge on any atom is -0.481 e. The molecule has 13 heavy (non-hydrogen) atoms. The molecule has 0 amide bonds. The van der Waals surface area contributed by atoms with E-state index in [2.05, 4.69) is 16.9 Å². The topological polar surface area (TPSA) is 44.2 Å². The Morgan fingerprint density at radius 1 is 1.31 bits per heavy atom. The van der Waals surface area contributed by atoms with Crippen molar-refractivity contribution in [3.8, 4) is 11.9 Å². The lowest BCUT2D eigenvalue weighted by atomic mass is 10.2. The van der Waals surface area contributed by atoms with Crippen molar-refractivity contribution in [1.82, 2.24) is 9.97 Å². The molecule has 4 nitrogen and oxygen atoms in total. The molecule has 0 atom stereocenters. The first kappa shape index (κ1) is 9.77. The number of hydrogen-bond acceptors (Lipinski definition) is 4. The molecule has 0 saturated carbocycles. The Hall–Kier alpha value is -1.32. The van der Waals surface area contributed by atoms with Crippen molar-refractivity contribution < 1.29 is 9.47 Å². The van der Waals surface area contributed by atoms with Crippen LogP contribution in [0.4, 0.5) is 0 Å². The van der Waals surface area contributed by atoms with Crippen molar-refractivity contribution in [2.75, 3.05) is 14.2 Å². The van der Waals surface area contributed by atoms with Crippen LogP contribution in [0, 0.1) is 0 Å². The Morgan fingerprint density at radius 3 is 2.62 bits per heavy atom. The van der Waals surface area contributed by atoms with Gasteiger partial charge in [0, 0.05) is 11.8 Å². The van der Waals surface area contributed by atoms with Gasteiger partial charge in [-0.3, -0.25) is 0 Å². The van der Waals surface area contributed by atoms with Crippen LogP contribution in [0.3, 0.4) is 0 Å². The second kappa shape index (κ2) is 4.64. The van der Waals surface area contributed by atoms with E-state index in [1.807, 2.05) is 0 Å². The summed E-state index contributed by atoms with van der Waals surface area (Å²) in [5.74, 6) is 0.605. The second-order valence-corrected chi connectivity index (χ2v) is 2.64. The molecule has 1 heterocycles. The van der Waals surface area contributed by atoms with Crippen LogP contribution in [0.5, 0.6) is 11.9 Å². The van der Waals surface area contributed by atoms with E-state index in [-0.39, 0.29) is 0 Å². The van der Waals surface area contributed by atoms with Crippen molar-refractivity contribution >= 4 is 0 Å².